The van der Waals surface area contributed by atoms with Gasteiger partial charge in [0.15, 0.2) is 0 Å². The first-order valence-electron chi connectivity index (χ1n) is 8.00. The van der Waals surface area contributed by atoms with Crippen molar-refractivity contribution in [3.8, 4) is 0 Å². The SMILES string of the molecule is O=C(CC1CCCN1)NCC(=O)Nc1cccc2ccccc12. The van der Waals surface area contributed by atoms with Crippen LogP contribution >= 0.6 is 0 Å². The van der Waals surface area contributed by atoms with Gasteiger partial charge in [-0.2, -0.15) is 0 Å². The van der Waals surface area contributed by atoms with Crippen LogP contribution in [0.15, 0.2) is 42.5 Å². The van der Waals surface area contributed by atoms with Gasteiger partial charge >= 0.3 is 0 Å². The van der Waals surface area contributed by atoms with Gasteiger partial charge in [-0.25, -0.2) is 0 Å². The van der Waals surface area contributed by atoms with Crippen LogP contribution in [0.25, 0.3) is 10.8 Å². The van der Waals surface area contributed by atoms with Crippen LogP contribution in [0.4, 0.5) is 5.69 Å². The van der Waals surface area contributed by atoms with Crippen molar-refractivity contribution in [2.45, 2.75) is 25.3 Å². The maximum Gasteiger partial charge on any atom is 0.243 e. The van der Waals surface area contributed by atoms with Crippen LogP contribution in [-0.2, 0) is 9.59 Å². The predicted molar refractivity (Wildman–Crippen MR) is 91.2 cm³/mol. The first-order chi connectivity index (χ1) is 11.2. The molecule has 0 radical (unpaired) electrons. The number of carbonyl (C=O) groups excluding carboxylic acids is 2. The monoisotopic (exact) mass is 311 g/mol. The summed E-state index contributed by atoms with van der Waals surface area (Å²) in [7, 11) is 0. The van der Waals surface area contributed by atoms with Gasteiger partial charge in [0, 0.05) is 23.5 Å². The van der Waals surface area contributed by atoms with Crippen molar-refractivity contribution in [1.82, 2.24) is 10.6 Å². The van der Waals surface area contributed by atoms with Crippen LogP contribution in [0, 0.1) is 0 Å². The third-order valence-corrected chi connectivity index (χ3v) is 4.10. The van der Waals surface area contributed by atoms with E-state index in [0.29, 0.717) is 6.42 Å². The molecule has 0 aromatic heterocycles. The van der Waals surface area contributed by atoms with Crippen molar-refractivity contribution in [2.24, 2.45) is 0 Å². The summed E-state index contributed by atoms with van der Waals surface area (Å²) >= 11 is 0. The quantitative estimate of drug-likeness (QED) is 0.791. The molecular weight excluding hydrogens is 290 g/mol. The fraction of sp³-hybridized carbons (Fsp3) is 0.333. The Hall–Kier alpha value is -2.40. The number of anilines is 1. The summed E-state index contributed by atoms with van der Waals surface area (Å²) in [6, 6.07) is 13.9. The van der Waals surface area contributed by atoms with Gasteiger partial charge in [0.05, 0.1) is 6.54 Å². The number of rotatable bonds is 5. The van der Waals surface area contributed by atoms with E-state index >= 15 is 0 Å². The highest BCUT2D eigenvalue weighted by Crippen LogP contribution is 2.22. The summed E-state index contributed by atoms with van der Waals surface area (Å²) in [5.74, 6) is -0.299. The lowest BCUT2D eigenvalue weighted by molar-refractivity contribution is -0.124. The number of benzene rings is 2. The van der Waals surface area contributed by atoms with Gasteiger partial charge in [-0.15, -0.1) is 0 Å². The van der Waals surface area contributed by atoms with E-state index in [2.05, 4.69) is 16.0 Å². The molecule has 1 unspecified atom stereocenters. The summed E-state index contributed by atoms with van der Waals surface area (Å²) in [6.45, 7) is 0.967. The molecule has 23 heavy (non-hydrogen) atoms. The molecule has 5 heteroatoms. The van der Waals surface area contributed by atoms with E-state index < -0.39 is 0 Å². The fourth-order valence-corrected chi connectivity index (χ4v) is 2.93. The highest BCUT2D eigenvalue weighted by Gasteiger charge is 2.17. The maximum absolute atomic E-state index is 12.1. The van der Waals surface area contributed by atoms with Crippen molar-refractivity contribution in [2.75, 3.05) is 18.4 Å². The number of hydrogen-bond acceptors (Lipinski definition) is 3. The molecular formula is C18H21N3O2. The normalized spacial score (nSPS) is 17.1. The van der Waals surface area contributed by atoms with E-state index in [9.17, 15) is 9.59 Å². The molecule has 120 valence electrons. The Bertz CT molecular complexity index is 703. The molecule has 2 amide bonds. The van der Waals surface area contributed by atoms with Gasteiger partial charge in [-0.05, 0) is 30.8 Å². The lowest BCUT2D eigenvalue weighted by Crippen LogP contribution is -2.36. The van der Waals surface area contributed by atoms with E-state index in [1.807, 2.05) is 42.5 Å². The minimum absolute atomic E-state index is 0.00518. The third kappa shape index (κ3) is 4.07. The summed E-state index contributed by atoms with van der Waals surface area (Å²) in [6.07, 6.45) is 2.57. The average molecular weight is 311 g/mol. The number of fused-ring (bicyclic) bond motifs is 1. The molecule has 0 bridgehead atoms. The molecule has 1 heterocycles. The topological polar surface area (TPSA) is 70.2 Å². The largest absolute Gasteiger partial charge is 0.347 e. The Morgan fingerprint density at radius 2 is 1.91 bits per heavy atom. The first-order valence-corrected chi connectivity index (χ1v) is 8.00. The van der Waals surface area contributed by atoms with Crippen molar-refractivity contribution in [1.29, 1.82) is 0 Å². The molecule has 2 aromatic rings. The van der Waals surface area contributed by atoms with Crippen molar-refractivity contribution < 1.29 is 9.59 Å². The van der Waals surface area contributed by atoms with E-state index in [-0.39, 0.29) is 24.4 Å². The van der Waals surface area contributed by atoms with Crippen molar-refractivity contribution in [3.63, 3.8) is 0 Å². The Labute approximate surface area is 135 Å². The number of nitrogens with one attached hydrogen (secondary N) is 3. The van der Waals surface area contributed by atoms with Gasteiger partial charge < -0.3 is 16.0 Å². The lowest BCUT2D eigenvalue weighted by Gasteiger charge is -2.11. The molecule has 1 saturated heterocycles. The Morgan fingerprint density at radius 3 is 2.74 bits per heavy atom. The summed E-state index contributed by atoms with van der Waals surface area (Å²) in [4.78, 5) is 23.9. The lowest BCUT2D eigenvalue weighted by atomic mass is 10.1. The van der Waals surface area contributed by atoms with Crippen LogP contribution in [0.1, 0.15) is 19.3 Å². The van der Waals surface area contributed by atoms with Gasteiger partial charge in [0.25, 0.3) is 0 Å². The zero-order chi connectivity index (χ0) is 16.1. The molecule has 5 nitrogen and oxygen atoms in total. The molecule has 1 atom stereocenters. The summed E-state index contributed by atoms with van der Waals surface area (Å²) < 4.78 is 0. The van der Waals surface area contributed by atoms with E-state index in [1.54, 1.807) is 0 Å². The Balaban J connectivity index is 1.53. The van der Waals surface area contributed by atoms with Gasteiger partial charge in [0.1, 0.15) is 0 Å². The van der Waals surface area contributed by atoms with E-state index in [0.717, 1.165) is 35.8 Å². The number of carbonyl (C=O) groups is 2. The smallest absolute Gasteiger partial charge is 0.243 e. The van der Waals surface area contributed by atoms with Crippen LogP contribution in [0.2, 0.25) is 0 Å². The Kier molecular flexibility index (Phi) is 4.88. The van der Waals surface area contributed by atoms with Crippen LogP contribution < -0.4 is 16.0 Å². The molecule has 3 N–H and O–H groups in total. The van der Waals surface area contributed by atoms with E-state index in [1.165, 1.54) is 0 Å². The number of amides is 2. The second-order valence-electron chi connectivity index (χ2n) is 5.85. The highest BCUT2D eigenvalue weighted by atomic mass is 16.2. The standard InChI is InChI=1S/C18H21N3O2/c22-17(11-14-7-4-10-19-14)20-12-18(23)21-16-9-3-6-13-5-1-2-8-15(13)16/h1-3,5-6,8-9,14,19H,4,7,10-12H2,(H,20,22)(H,21,23). The van der Waals surface area contributed by atoms with Gasteiger partial charge in [-0.1, -0.05) is 36.4 Å². The molecule has 3 rings (SSSR count). The van der Waals surface area contributed by atoms with E-state index in [4.69, 9.17) is 0 Å². The maximum atomic E-state index is 12.1. The van der Waals surface area contributed by atoms with Gasteiger partial charge in [-0.3, -0.25) is 9.59 Å². The molecule has 1 aliphatic heterocycles. The predicted octanol–water partition coefficient (Wildman–Crippen LogP) is 2.04. The molecule has 0 saturated carbocycles. The minimum Gasteiger partial charge on any atom is -0.347 e. The molecule has 0 spiro atoms. The molecule has 1 aliphatic rings. The van der Waals surface area contributed by atoms with Gasteiger partial charge in [0.2, 0.25) is 11.8 Å². The fourth-order valence-electron chi connectivity index (χ4n) is 2.93. The van der Waals surface area contributed by atoms with Crippen molar-refractivity contribution in [3.05, 3.63) is 42.5 Å². The van der Waals surface area contributed by atoms with Crippen molar-refractivity contribution >= 4 is 28.3 Å². The van der Waals surface area contributed by atoms with Crippen LogP contribution in [-0.4, -0.2) is 30.9 Å². The molecule has 2 aromatic carbocycles. The second-order valence-corrected chi connectivity index (χ2v) is 5.85. The first kappa shape index (κ1) is 15.5. The third-order valence-electron chi connectivity index (χ3n) is 4.10. The zero-order valence-electron chi connectivity index (χ0n) is 13.0. The van der Waals surface area contributed by atoms with Crippen LogP contribution in [0.5, 0.6) is 0 Å². The number of hydrogen-bond donors (Lipinski definition) is 3. The summed E-state index contributed by atoms with van der Waals surface area (Å²) in [5.41, 5.74) is 0.764. The minimum atomic E-state index is -0.214. The zero-order valence-corrected chi connectivity index (χ0v) is 13.0. The molecule has 1 fully saturated rings. The molecule has 0 aliphatic carbocycles. The summed E-state index contributed by atoms with van der Waals surface area (Å²) in [5, 5.41) is 10.9. The van der Waals surface area contributed by atoms with Crippen LogP contribution in [0.3, 0.4) is 0 Å². The highest BCUT2D eigenvalue weighted by molar-refractivity contribution is 6.03. The Morgan fingerprint density at radius 1 is 1.09 bits per heavy atom. The average Bonchev–Trinajstić information content (AvgIpc) is 3.06. The second kappa shape index (κ2) is 7.24.